The summed E-state index contributed by atoms with van der Waals surface area (Å²) in [5.41, 5.74) is -0.0994. The van der Waals surface area contributed by atoms with Crippen molar-refractivity contribution in [3.8, 4) is 0 Å². The average Bonchev–Trinajstić information content (AvgIpc) is 2.44. The molecule has 0 aliphatic rings. The molecule has 0 bridgehead atoms. The highest BCUT2D eigenvalue weighted by atomic mass is 16.1. The van der Waals surface area contributed by atoms with E-state index in [2.05, 4.69) is 6.92 Å². The van der Waals surface area contributed by atoms with Crippen LogP contribution in [0.2, 0.25) is 0 Å². The van der Waals surface area contributed by atoms with Crippen molar-refractivity contribution >= 4 is 6.29 Å². The predicted octanol–water partition coefficient (Wildman–Crippen LogP) is 6.69. The minimum Gasteiger partial charge on any atom is -0.303 e. The SMILES string of the molecule is CCCCCCCCCCCCCCCC(C)(C)C=O. The van der Waals surface area contributed by atoms with E-state index in [0.717, 1.165) is 12.7 Å². The maximum Gasteiger partial charge on any atom is 0.125 e. The van der Waals surface area contributed by atoms with E-state index in [-0.39, 0.29) is 5.41 Å². The van der Waals surface area contributed by atoms with Gasteiger partial charge in [-0.1, -0.05) is 104 Å². The molecule has 20 heavy (non-hydrogen) atoms. The Balaban J connectivity index is 3.08. The third-order valence-electron chi connectivity index (χ3n) is 4.24. The summed E-state index contributed by atoms with van der Waals surface area (Å²) < 4.78 is 0. The van der Waals surface area contributed by atoms with Crippen molar-refractivity contribution in [1.82, 2.24) is 0 Å². The zero-order valence-corrected chi connectivity index (χ0v) is 14.4. The molecule has 0 unspecified atom stereocenters. The van der Waals surface area contributed by atoms with Crippen molar-refractivity contribution in [2.75, 3.05) is 0 Å². The van der Waals surface area contributed by atoms with Crippen LogP contribution in [0.1, 0.15) is 111 Å². The Hall–Kier alpha value is -0.330. The van der Waals surface area contributed by atoms with Gasteiger partial charge < -0.3 is 4.79 Å². The highest BCUT2D eigenvalue weighted by Crippen LogP contribution is 2.21. The van der Waals surface area contributed by atoms with E-state index < -0.39 is 0 Å². The van der Waals surface area contributed by atoms with Gasteiger partial charge in [0.25, 0.3) is 0 Å². The molecule has 0 aromatic rings. The van der Waals surface area contributed by atoms with E-state index in [4.69, 9.17) is 0 Å². The van der Waals surface area contributed by atoms with Gasteiger partial charge in [0, 0.05) is 5.41 Å². The molecule has 0 spiro atoms. The lowest BCUT2D eigenvalue weighted by molar-refractivity contribution is -0.115. The van der Waals surface area contributed by atoms with Gasteiger partial charge in [-0.05, 0) is 6.42 Å². The standard InChI is InChI=1S/C19H38O/c1-4-5-6-7-8-9-10-11-12-13-14-15-16-17-19(2,3)18-20/h18H,4-17H2,1-3H3. The number of aldehydes is 1. The Morgan fingerprint density at radius 3 is 1.35 bits per heavy atom. The van der Waals surface area contributed by atoms with Crippen molar-refractivity contribution < 1.29 is 4.79 Å². The minimum absolute atomic E-state index is 0.0994. The monoisotopic (exact) mass is 282 g/mol. The van der Waals surface area contributed by atoms with Gasteiger partial charge in [0.15, 0.2) is 0 Å². The van der Waals surface area contributed by atoms with Crippen molar-refractivity contribution in [1.29, 1.82) is 0 Å². The number of unbranched alkanes of at least 4 members (excludes halogenated alkanes) is 12. The van der Waals surface area contributed by atoms with Crippen LogP contribution in [-0.2, 0) is 4.79 Å². The van der Waals surface area contributed by atoms with Crippen molar-refractivity contribution in [3.05, 3.63) is 0 Å². The molecule has 0 saturated heterocycles. The maximum atomic E-state index is 10.8. The van der Waals surface area contributed by atoms with Crippen LogP contribution in [0, 0.1) is 5.41 Å². The van der Waals surface area contributed by atoms with Crippen LogP contribution >= 0.6 is 0 Å². The van der Waals surface area contributed by atoms with Crippen LogP contribution in [0.25, 0.3) is 0 Å². The first-order valence-electron chi connectivity index (χ1n) is 9.09. The van der Waals surface area contributed by atoms with Gasteiger partial charge in [-0.25, -0.2) is 0 Å². The molecule has 0 amide bonds. The van der Waals surface area contributed by atoms with Gasteiger partial charge >= 0.3 is 0 Å². The van der Waals surface area contributed by atoms with Crippen molar-refractivity contribution in [3.63, 3.8) is 0 Å². The number of hydrogen-bond acceptors (Lipinski definition) is 1. The van der Waals surface area contributed by atoms with Crippen LogP contribution in [0.15, 0.2) is 0 Å². The zero-order valence-electron chi connectivity index (χ0n) is 14.4. The van der Waals surface area contributed by atoms with Crippen LogP contribution in [0.5, 0.6) is 0 Å². The van der Waals surface area contributed by atoms with Gasteiger partial charge in [-0.2, -0.15) is 0 Å². The fraction of sp³-hybridized carbons (Fsp3) is 0.947. The molecule has 0 radical (unpaired) electrons. The van der Waals surface area contributed by atoms with Gasteiger partial charge in [0.1, 0.15) is 6.29 Å². The van der Waals surface area contributed by atoms with Gasteiger partial charge in [-0.15, -0.1) is 0 Å². The molecule has 0 N–H and O–H groups in total. The maximum absolute atomic E-state index is 10.8. The van der Waals surface area contributed by atoms with E-state index in [9.17, 15) is 4.79 Å². The van der Waals surface area contributed by atoms with Gasteiger partial charge in [0.05, 0.1) is 0 Å². The molecule has 0 fully saturated rings. The average molecular weight is 283 g/mol. The first kappa shape index (κ1) is 19.7. The topological polar surface area (TPSA) is 17.1 Å². The Morgan fingerprint density at radius 1 is 0.650 bits per heavy atom. The Morgan fingerprint density at radius 2 is 1.00 bits per heavy atom. The summed E-state index contributed by atoms with van der Waals surface area (Å²) in [6.45, 7) is 6.36. The molecule has 120 valence electrons. The summed E-state index contributed by atoms with van der Waals surface area (Å²) in [4.78, 5) is 10.8. The van der Waals surface area contributed by atoms with Crippen LogP contribution in [0.3, 0.4) is 0 Å². The van der Waals surface area contributed by atoms with E-state index in [0.29, 0.717) is 0 Å². The first-order chi connectivity index (χ1) is 9.62. The highest BCUT2D eigenvalue weighted by Gasteiger charge is 2.14. The molecule has 0 aliphatic carbocycles. The van der Waals surface area contributed by atoms with Crippen molar-refractivity contribution in [2.45, 2.75) is 111 Å². The Bertz CT molecular complexity index is 208. The second-order valence-electron chi connectivity index (χ2n) is 7.10. The molecule has 1 heteroatoms. The summed E-state index contributed by atoms with van der Waals surface area (Å²) in [5, 5.41) is 0. The largest absolute Gasteiger partial charge is 0.303 e. The lowest BCUT2D eigenvalue weighted by atomic mass is 9.88. The van der Waals surface area contributed by atoms with Crippen molar-refractivity contribution in [2.24, 2.45) is 5.41 Å². The van der Waals surface area contributed by atoms with Crippen LogP contribution < -0.4 is 0 Å². The molecule has 0 aromatic heterocycles. The number of carbonyl (C=O) groups excluding carboxylic acids is 1. The second kappa shape index (κ2) is 13.6. The van der Waals surface area contributed by atoms with E-state index in [1.165, 1.54) is 83.5 Å². The van der Waals surface area contributed by atoms with Crippen LogP contribution in [0.4, 0.5) is 0 Å². The molecule has 0 rings (SSSR count). The zero-order chi connectivity index (χ0) is 15.1. The third-order valence-corrected chi connectivity index (χ3v) is 4.24. The van der Waals surface area contributed by atoms with Gasteiger partial charge in [0.2, 0.25) is 0 Å². The molecule has 1 nitrogen and oxygen atoms in total. The molecule has 0 heterocycles. The summed E-state index contributed by atoms with van der Waals surface area (Å²) in [6.07, 6.45) is 20.2. The molecule has 0 saturated carbocycles. The van der Waals surface area contributed by atoms with Gasteiger partial charge in [-0.3, -0.25) is 0 Å². The normalized spacial score (nSPS) is 11.8. The smallest absolute Gasteiger partial charge is 0.125 e. The Kier molecular flexibility index (Phi) is 13.4. The summed E-state index contributed by atoms with van der Waals surface area (Å²) in [5.74, 6) is 0. The third kappa shape index (κ3) is 14.1. The van der Waals surface area contributed by atoms with E-state index in [1.807, 2.05) is 13.8 Å². The Labute approximate surface area is 127 Å². The molecule has 0 aliphatic heterocycles. The molecular formula is C19H38O. The lowest BCUT2D eigenvalue weighted by Gasteiger charge is -2.15. The summed E-state index contributed by atoms with van der Waals surface area (Å²) >= 11 is 0. The lowest BCUT2D eigenvalue weighted by Crippen LogP contribution is -2.12. The number of rotatable bonds is 15. The predicted molar refractivity (Wildman–Crippen MR) is 90.2 cm³/mol. The first-order valence-corrected chi connectivity index (χ1v) is 9.09. The van der Waals surface area contributed by atoms with Crippen LogP contribution in [-0.4, -0.2) is 6.29 Å². The molecule has 0 atom stereocenters. The molecule has 0 aromatic carbocycles. The number of carbonyl (C=O) groups is 1. The fourth-order valence-corrected chi connectivity index (χ4v) is 2.66. The number of hydrogen-bond donors (Lipinski definition) is 0. The molecular weight excluding hydrogens is 244 g/mol. The quantitative estimate of drug-likeness (QED) is 0.241. The van der Waals surface area contributed by atoms with E-state index in [1.54, 1.807) is 0 Å². The highest BCUT2D eigenvalue weighted by molar-refractivity contribution is 5.57. The minimum atomic E-state index is -0.0994. The fourth-order valence-electron chi connectivity index (χ4n) is 2.66. The van der Waals surface area contributed by atoms with E-state index >= 15 is 0 Å². The summed E-state index contributed by atoms with van der Waals surface area (Å²) in [6, 6.07) is 0. The summed E-state index contributed by atoms with van der Waals surface area (Å²) in [7, 11) is 0. The second-order valence-corrected chi connectivity index (χ2v) is 7.10.